The van der Waals surface area contributed by atoms with E-state index in [9.17, 15) is 9.59 Å². The van der Waals surface area contributed by atoms with E-state index in [2.05, 4.69) is 5.32 Å². The van der Waals surface area contributed by atoms with Crippen molar-refractivity contribution in [2.75, 3.05) is 13.2 Å². The molecule has 5 heteroatoms. The first-order valence-corrected chi connectivity index (χ1v) is 8.33. The van der Waals surface area contributed by atoms with Gasteiger partial charge in [0.1, 0.15) is 5.54 Å². The SMILES string of the molecule is C[C@@]1(c2ccc3ccccc3c2)NC(=O)N(C[C@H]2CCCO2)C1=O. The lowest BCUT2D eigenvalue weighted by atomic mass is 9.90. The van der Waals surface area contributed by atoms with Crippen LogP contribution < -0.4 is 5.32 Å². The highest BCUT2D eigenvalue weighted by molar-refractivity contribution is 6.07. The van der Waals surface area contributed by atoms with Gasteiger partial charge < -0.3 is 10.1 Å². The number of urea groups is 1. The fraction of sp³-hybridized carbons (Fsp3) is 0.368. The maximum absolute atomic E-state index is 12.9. The van der Waals surface area contributed by atoms with Crippen molar-refractivity contribution < 1.29 is 14.3 Å². The highest BCUT2D eigenvalue weighted by Gasteiger charge is 2.49. The minimum absolute atomic E-state index is 0.0429. The number of amides is 3. The van der Waals surface area contributed by atoms with E-state index in [0.717, 1.165) is 29.2 Å². The summed E-state index contributed by atoms with van der Waals surface area (Å²) in [6, 6.07) is 13.5. The third kappa shape index (κ3) is 2.36. The first-order chi connectivity index (χ1) is 11.6. The van der Waals surface area contributed by atoms with E-state index in [0.29, 0.717) is 13.2 Å². The second-order valence-electron chi connectivity index (χ2n) is 6.67. The summed E-state index contributed by atoms with van der Waals surface area (Å²) in [7, 11) is 0. The zero-order valence-electron chi connectivity index (χ0n) is 13.6. The summed E-state index contributed by atoms with van der Waals surface area (Å²) in [5, 5.41) is 5.03. The normalized spacial score (nSPS) is 27.0. The molecular formula is C19H20N2O3. The zero-order chi connectivity index (χ0) is 16.7. The monoisotopic (exact) mass is 324 g/mol. The van der Waals surface area contributed by atoms with E-state index in [4.69, 9.17) is 4.74 Å². The second-order valence-corrected chi connectivity index (χ2v) is 6.67. The largest absolute Gasteiger partial charge is 0.376 e. The Morgan fingerprint density at radius 1 is 1.21 bits per heavy atom. The summed E-state index contributed by atoms with van der Waals surface area (Å²) in [6.45, 7) is 2.80. The van der Waals surface area contributed by atoms with Gasteiger partial charge in [-0.3, -0.25) is 9.69 Å². The molecular weight excluding hydrogens is 304 g/mol. The van der Waals surface area contributed by atoms with Crippen molar-refractivity contribution in [3.63, 3.8) is 0 Å². The number of nitrogens with zero attached hydrogens (tertiary/aromatic N) is 1. The standard InChI is InChI=1S/C19H20N2O3/c1-19(15-9-8-13-5-2-3-6-14(13)11-15)17(22)21(18(23)20-19)12-16-7-4-10-24-16/h2-3,5-6,8-9,11,16H,4,7,10,12H2,1H3,(H,20,23)/t16-,19+/m1/s1. The average molecular weight is 324 g/mol. The molecule has 3 amide bonds. The van der Waals surface area contributed by atoms with Gasteiger partial charge in [-0.1, -0.05) is 36.4 Å². The van der Waals surface area contributed by atoms with Gasteiger partial charge in [0.15, 0.2) is 0 Å². The molecule has 24 heavy (non-hydrogen) atoms. The summed E-state index contributed by atoms with van der Waals surface area (Å²) >= 11 is 0. The first-order valence-electron chi connectivity index (χ1n) is 8.33. The molecule has 0 radical (unpaired) electrons. The van der Waals surface area contributed by atoms with Crippen molar-refractivity contribution in [3.8, 4) is 0 Å². The third-order valence-electron chi connectivity index (χ3n) is 5.01. The van der Waals surface area contributed by atoms with Gasteiger partial charge in [0.25, 0.3) is 5.91 Å². The summed E-state index contributed by atoms with van der Waals surface area (Å²) in [6.07, 6.45) is 1.83. The molecule has 2 saturated heterocycles. The minimum Gasteiger partial charge on any atom is -0.376 e. The van der Waals surface area contributed by atoms with Crippen LogP contribution in [0, 0.1) is 0 Å². The van der Waals surface area contributed by atoms with Crippen molar-refractivity contribution in [1.29, 1.82) is 0 Å². The Bertz CT molecular complexity index is 813. The number of carbonyl (C=O) groups is 2. The van der Waals surface area contributed by atoms with E-state index in [1.165, 1.54) is 4.90 Å². The fourth-order valence-electron chi connectivity index (χ4n) is 3.55. The molecule has 0 unspecified atom stereocenters. The van der Waals surface area contributed by atoms with Crippen LogP contribution in [0.2, 0.25) is 0 Å². The van der Waals surface area contributed by atoms with Crippen LogP contribution in [0.3, 0.4) is 0 Å². The van der Waals surface area contributed by atoms with Gasteiger partial charge in [-0.2, -0.15) is 0 Å². The Morgan fingerprint density at radius 3 is 2.75 bits per heavy atom. The first kappa shape index (κ1) is 15.1. The van der Waals surface area contributed by atoms with Gasteiger partial charge in [0, 0.05) is 6.61 Å². The molecule has 0 aromatic heterocycles. The number of benzene rings is 2. The van der Waals surface area contributed by atoms with Crippen molar-refractivity contribution in [2.24, 2.45) is 0 Å². The molecule has 2 aromatic rings. The highest BCUT2D eigenvalue weighted by atomic mass is 16.5. The van der Waals surface area contributed by atoms with Gasteiger partial charge in [-0.15, -0.1) is 0 Å². The summed E-state index contributed by atoms with van der Waals surface area (Å²) in [5.74, 6) is -0.210. The Balaban J connectivity index is 1.65. The molecule has 1 N–H and O–H groups in total. The molecule has 2 aliphatic rings. The molecule has 2 aromatic carbocycles. The summed E-state index contributed by atoms with van der Waals surface area (Å²) in [5.41, 5.74) is -0.228. The molecule has 0 aliphatic carbocycles. The van der Waals surface area contributed by atoms with Crippen LogP contribution >= 0.6 is 0 Å². The molecule has 2 atom stereocenters. The topological polar surface area (TPSA) is 58.6 Å². The van der Waals surface area contributed by atoms with Gasteiger partial charge in [0.2, 0.25) is 0 Å². The molecule has 0 spiro atoms. The Labute approximate surface area is 140 Å². The maximum Gasteiger partial charge on any atom is 0.325 e. The molecule has 0 saturated carbocycles. The predicted octanol–water partition coefficient (Wildman–Crippen LogP) is 2.79. The molecule has 2 fully saturated rings. The van der Waals surface area contributed by atoms with E-state index in [-0.39, 0.29) is 18.0 Å². The van der Waals surface area contributed by atoms with Crippen LogP contribution in [0.25, 0.3) is 10.8 Å². The Hall–Kier alpha value is -2.40. The predicted molar refractivity (Wildman–Crippen MR) is 90.5 cm³/mol. The van der Waals surface area contributed by atoms with Gasteiger partial charge >= 0.3 is 6.03 Å². The Morgan fingerprint density at radius 2 is 2.00 bits per heavy atom. The highest BCUT2D eigenvalue weighted by Crippen LogP contribution is 2.31. The van der Waals surface area contributed by atoms with Gasteiger partial charge in [0.05, 0.1) is 12.6 Å². The molecule has 2 heterocycles. The number of ether oxygens (including phenoxy) is 1. The van der Waals surface area contributed by atoms with Crippen LogP contribution in [0.5, 0.6) is 0 Å². The van der Waals surface area contributed by atoms with Crippen LogP contribution in [0.4, 0.5) is 4.79 Å². The van der Waals surface area contributed by atoms with Crippen LogP contribution in [0.1, 0.15) is 25.3 Å². The van der Waals surface area contributed by atoms with Crippen LogP contribution in [-0.2, 0) is 15.1 Å². The van der Waals surface area contributed by atoms with Gasteiger partial charge in [-0.25, -0.2) is 4.79 Å². The summed E-state index contributed by atoms with van der Waals surface area (Å²) in [4.78, 5) is 26.6. The lowest BCUT2D eigenvalue weighted by molar-refractivity contribution is -0.132. The number of nitrogens with one attached hydrogen (secondary N) is 1. The molecule has 124 valence electrons. The van der Waals surface area contributed by atoms with Crippen molar-refractivity contribution in [2.45, 2.75) is 31.4 Å². The van der Waals surface area contributed by atoms with Crippen molar-refractivity contribution in [3.05, 3.63) is 48.0 Å². The number of imide groups is 1. The number of rotatable bonds is 3. The molecule has 0 bridgehead atoms. The third-order valence-corrected chi connectivity index (χ3v) is 5.01. The fourth-order valence-corrected chi connectivity index (χ4v) is 3.55. The minimum atomic E-state index is -1.03. The number of hydrogen-bond acceptors (Lipinski definition) is 3. The quantitative estimate of drug-likeness (QED) is 0.883. The number of fused-ring (bicyclic) bond motifs is 1. The van der Waals surface area contributed by atoms with E-state index >= 15 is 0 Å². The number of hydrogen-bond donors (Lipinski definition) is 1. The van der Waals surface area contributed by atoms with E-state index < -0.39 is 5.54 Å². The second kappa shape index (κ2) is 5.60. The van der Waals surface area contributed by atoms with Crippen molar-refractivity contribution in [1.82, 2.24) is 10.2 Å². The van der Waals surface area contributed by atoms with Crippen LogP contribution in [-0.4, -0.2) is 36.1 Å². The molecule has 4 rings (SSSR count). The zero-order valence-corrected chi connectivity index (χ0v) is 13.6. The van der Waals surface area contributed by atoms with E-state index in [1.54, 1.807) is 6.92 Å². The lowest BCUT2D eigenvalue weighted by Crippen LogP contribution is -2.42. The van der Waals surface area contributed by atoms with E-state index in [1.807, 2.05) is 42.5 Å². The molecule has 2 aliphatic heterocycles. The summed E-state index contributed by atoms with van der Waals surface area (Å²) < 4.78 is 5.57. The number of carbonyl (C=O) groups excluding carboxylic acids is 2. The maximum atomic E-state index is 12.9. The Kier molecular flexibility index (Phi) is 3.53. The average Bonchev–Trinajstić information content (AvgIpc) is 3.18. The van der Waals surface area contributed by atoms with Gasteiger partial charge in [-0.05, 0) is 42.2 Å². The smallest absolute Gasteiger partial charge is 0.325 e. The van der Waals surface area contributed by atoms with Crippen molar-refractivity contribution >= 4 is 22.7 Å². The molecule has 5 nitrogen and oxygen atoms in total. The lowest BCUT2D eigenvalue weighted by Gasteiger charge is -2.23. The van der Waals surface area contributed by atoms with Crippen LogP contribution in [0.15, 0.2) is 42.5 Å².